The Balaban J connectivity index is 0.00000576. The van der Waals surface area contributed by atoms with Crippen LogP contribution >= 0.6 is 12.4 Å². The highest BCUT2D eigenvalue weighted by Gasteiger charge is 2.04. The van der Waals surface area contributed by atoms with Crippen molar-refractivity contribution >= 4 is 30.0 Å². The van der Waals surface area contributed by atoms with E-state index in [2.05, 4.69) is 15.5 Å². The number of nitrogens with one attached hydrogen (secondary N) is 1. The highest BCUT2D eigenvalue weighted by atomic mass is 35.5. The Bertz CT molecular complexity index is 591. The van der Waals surface area contributed by atoms with Gasteiger partial charge in [0.2, 0.25) is 11.9 Å². The molecule has 0 spiro atoms. The number of hydroxylamine groups is 1. The van der Waals surface area contributed by atoms with Crippen LogP contribution in [0.2, 0.25) is 0 Å². The Labute approximate surface area is 151 Å². The van der Waals surface area contributed by atoms with Gasteiger partial charge in [0, 0.05) is 24.6 Å². The highest BCUT2D eigenvalue weighted by molar-refractivity contribution is 5.92. The van der Waals surface area contributed by atoms with E-state index >= 15 is 0 Å². The molecule has 0 atom stereocenters. The topological polar surface area (TPSA) is 150 Å². The molecule has 0 aliphatic heterocycles. The summed E-state index contributed by atoms with van der Waals surface area (Å²) in [5, 5.41) is 10.5. The summed E-state index contributed by atoms with van der Waals surface area (Å²) < 4.78 is 5.43. The largest absolute Gasteiger partial charge is 0.493 e. The quantitative estimate of drug-likeness (QED) is 0.204. The molecule has 0 fully saturated rings. The first-order valence-corrected chi connectivity index (χ1v) is 7.31. The standard InChI is InChI=1S/C14H22N6O4.ClH/c1-10(2)17-13(15)18-14(16)19-24-9-3-8-23-12-6-4-11(5-7-12)20(21)22;/h4-7,10H,3,8-9H2,1-2H3,(H5,15,16,17,18,19);1H. The van der Waals surface area contributed by atoms with Gasteiger partial charge in [0.15, 0.2) is 0 Å². The summed E-state index contributed by atoms with van der Waals surface area (Å²) >= 11 is 0. The van der Waals surface area contributed by atoms with Gasteiger partial charge < -0.3 is 16.2 Å². The van der Waals surface area contributed by atoms with Crippen LogP contribution in [0.15, 0.2) is 34.3 Å². The molecule has 0 radical (unpaired) electrons. The van der Waals surface area contributed by atoms with Gasteiger partial charge in [-0.1, -0.05) is 0 Å². The Morgan fingerprint density at radius 1 is 1.28 bits per heavy atom. The summed E-state index contributed by atoms with van der Waals surface area (Å²) in [7, 11) is 0. The molecule has 0 unspecified atom stereocenters. The van der Waals surface area contributed by atoms with E-state index in [0.29, 0.717) is 25.4 Å². The van der Waals surface area contributed by atoms with E-state index in [1.165, 1.54) is 12.1 Å². The number of non-ortho nitro benzene ring substituents is 1. The first-order valence-electron chi connectivity index (χ1n) is 7.31. The summed E-state index contributed by atoms with van der Waals surface area (Å²) in [5.41, 5.74) is 13.6. The van der Waals surface area contributed by atoms with Crippen LogP contribution in [-0.4, -0.2) is 36.1 Å². The van der Waals surface area contributed by atoms with Gasteiger partial charge in [-0.25, -0.2) is 10.5 Å². The molecule has 1 aromatic carbocycles. The predicted molar refractivity (Wildman–Crippen MR) is 97.9 cm³/mol. The molecule has 0 amide bonds. The maximum absolute atomic E-state index is 10.5. The van der Waals surface area contributed by atoms with Crippen LogP contribution in [0.5, 0.6) is 5.75 Å². The number of hydrogen-bond acceptors (Lipinski definition) is 5. The summed E-state index contributed by atoms with van der Waals surface area (Å²) in [6.45, 7) is 4.44. The van der Waals surface area contributed by atoms with Crippen LogP contribution in [0.25, 0.3) is 0 Å². The third kappa shape index (κ3) is 9.99. The lowest BCUT2D eigenvalue weighted by Gasteiger charge is -2.08. The molecule has 0 bridgehead atoms. The molecule has 1 rings (SSSR count). The number of rotatable bonds is 8. The fraction of sp³-hybridized carbons (Fsp3) is 0.429. The molecular formula is C14H23ClN6O4. The molecule has 10 nitrogen and oxygen atoms in total. The summed E-state index contributed by atoms with van der Waals surface area (Å²) in [5.74, 6) is 0.626. The number of guanidine groups is 2. The van der Waals surface area contributed by atoms with E-state index in [9.17, 15) is 10.1 Å². The van der Waals surface area contributed by atoms with E-state index in [1.54, 1.807) is 12.1 Å². The summed E-state index contributed by atoms with van der Waals surface area (Å²) in [6.07, 6.45) is 0.576. The smallest absolute Gasteiger partial charge is 0.269 e. The fourth-order valence-corrected chi connectivity index (χ4v) is 1.55. The van der Waals surface area contributed by atoms with E-state index in [4.69, 9.17) is 21.0 Å². The van der Waals surface area contributed by atoms with Crippen molar-refractivity contribution in [3.63, 3.8) is 0 Å². The van der Waals surface area contributed by atoms with Crippen molar-refractivity contribution in [3.05, 3.63) is 34.4 Å². The van der Waals surface area contributed by atoms with Crippen LogP contribution in [0.3, 0.4) is 0 Å². The lowest BCUT2D eigenvalue weighted by Crippen LogP contribution is -2.34. The zero-order valence-electron chi connectivity index (χ0n) is 14.0. The molecule has 0 saturated carbocycles. The first kappa shape index (κ1) is 22.4. The minimum atomic E-state index is -0.464. The van der Waals surface area contributed by atoms with Crippen molar-refractivity contribution in [2.24, 2.45) is 21.5 Å². The molecule has 0 saturated heterocycles. The van der Waals surface area contributed by atoms with Crippen molar-refractivity contribution < 1.29 is 14.5 Å². The van der Waals surface area contributed by atoms with Crippen molar-refractivity contribution in [3.8, 4) is 5.75 Å². The van der Waals surface area contributed by atoms with E-state index in [-0.39, 0.29) is 36.1 Å². The van der Waals surface area contributed by atoms with Crippen molar-refractivity contribution in [1.29, 1.82) is 0 Å². The number of nitrogens with two attached hydrogens (primary N) is 2. The van der Waals surface area contributed by atoms with Gasteiger partial charge in [0.25, 0.3) is 5.69 Å². The molecule has 25 heavy (non-hydrogen) atoms. The normalized spacial score (nSPS) is 11.8. The average molecular weight is 375 g/mol. The lowest BCUT2D eigenvalue weighted by atomic mass is 10.3. The van der Waals surface area contributed by atoms with E-state index in [1.807, 2.05) is 13.8 Å². The number of hydrogen-bond donors (Lipinski definition) is 3. The van der Waals surface area contributed by atoms with Crippen LogP contribution in [0.4, 0.5) is 5.69 Å². The number of nitro benzene ring substituents is 1. The average Bonchev–Trinajstić information content (AvgIpc) is 2.50. The fourth-order valence-electron chi connectivity index (χ4n) is 1.55. The Kier molecular flexibility index (Phi) is 10.6. The first-order chi connectivity index (χ1) is 11.4. The van der Waals surface area contributed by atoms with Gasteiger partial charge in [-0.15, -0.1) is 12.4 Å². The van der Waals surface area contributed by atoms with E-state index < -0.39 is 4.92 Å². The van der Waals surface area contributed by atoms with Crippen molar-refractivity contribution in [1.82, 2.24) is 5.48 Å². The molecule has 140 valence electrons. The van der Waals surface area contributed by atoms with E-state index in [0.717, 1.165) is 0 Å². The number of ether oxygens (including phenoxy) is 1. The highest BCUT2D eigenvalue weighted by Crippen LogP contribution is 2.17. The maximum atomic E-state index is 10.5. The Morgan fingerprint density at radius 2 is 1.92 bits per heavy atom. The van der Waals surface area contributed by atoms with Crippen LogP contribution in [-0.2, 0) is 4.84 Å². The van der Waals surface area contributed by atoms with Gasteiger partial charge in [0.1, 0.15) is 5.75 Å². The van der Waals surface area contributed by atoms with Crippen LogP contribution in [0, 0.1) is 10.1 Å². The molecular weight excluding hydrogens is 352 g/mol. The molecule has 5 N–H and O–H groups in total. The zero-order chi connectivity index (χ0) is 17.9. The number of nitrogens with zero attached hydrogens (tertiary/aromatic N) is 3. The molecule has 0 heterocycles. The molecule has 0 aromatic heterocycles. The van der Waals surface area contributed by atoms with Gasteiger partial charge in [-0.05, 0) is 26.0 Å². The Hall–Kier alpha value is -2.59. The third-order valence-corrected chi connectivity index (χ3v) is 2.51. The summed E-state index contributed by atoms with van der Waals surface area (Å²) in [6, 6.07) is 5.87. The number of benzene rings is 1. The van der Waals surface area contributed by atoms with Gasteiger partial charge in [-0.3, -0.25) is 15.0 Å². The van der Waals surface area contributed by atoms with Gasteiger partial charge >= 0.3 is 0 Å². The third-order valence-electron chi connectivity index (χ3n) is 2.51. The molecule has 1 aromatic rings. The van der Waals surface area contributed by atoms with Crippen LogP contribution < -0.4 is 21.7 Å². The second-order valence-corrected chi connectivity index (χ2v) is 4.98. The number of halogens is 1. The molecule has 0 aliphatic carbocycles. The minimum absolute atomic E-state index is 0. The number of aliphatic imine (C=N–C) groups is 2. The van der Waals surface area contributed by atoms with Crippen molar-refractivity contribution in [2.75, 3.05) is 13.2 Å². The van der Waals surface area contributed by atoms with Crippen LogP contribution in [0.1, 0.15) is 20.3 Å². The molecule has 0 aliphatic rings. The van der Waals surface area contributed by atoms with Gasteiger partial charge in [-0.2, -0.15) is 4.99 Å². The SMILES string of the molecule is CC(C)N=C(N)/N=C(\N)NOCCCOc1ccc([N+](=O)[O-])cc1.Cl. The lowest BCUT2D eigenvalue weighted by molar-refractivity contribution is -0.384. The van der Waals surface area contributed by atoms with Crippen molar-refractivity contribution in [2.45, 2.75) is 26.3 Å². The minimum Gasteiger partial charge on any atom is -0.493 e. The second-order valence-electron chi connectivity index (χ2n) is 4.98. The predicted octanol–water partition coefficient (Wildman–Crippen LogP) is 1.34. The summed E-state index contributed by atoms with van der Waals surface area (Å²) in [4.78, 5) is 23.0. The monoisotopic (exact) mass is 374 g/mol. The number of nitro groups is 1. The van der Waals surface area contributed by atoms with Gasteiger partial charge in [0.05, 0.1) is 18.1 Å². The Morgan fingerprint density at radius 3 is 2.48 bits per heavy atom. The maximum Gasteiger partial charge on any atom is 0.269 e. The second kappa shape index (κ2) is 11.9. The zero-order valence-corrected chi connectivity index (χ0v) is 14.9. The molecule has 11 heteroatoms.